The number of amides is 4. The van der Waals surface area contributed by atoms with Gasteiger partial charge < -0.3 is 49.3 Å². The van der Waals surface area contributed by atoms with Crippen LogP contribution in [0.4, 0.5) is 0 Å². The minimum absolute atomic E-state index is 0.0320. The van der Waals surface area contributed by atoms with Crippen LogP contribution in [0.15, 0.2) is 40.3 Å². The summed E-state index contributed by atoms with van der Waals surface area (Å²) in [7, 11) is 0. The number of benzene rings is 1. The molecule has 13 N–H and O–H groups in total. The van der Waals surface area contributed by atoms with Crippen molar-refractivity contribution in [3.05, 3.63) is 35.9 Å². The highest BCUT2D eigenvalue weighted by Gasteiger charge is 2.44. The van der Waals surface area contributed by atoms with Crippen LogP contribution in [-0.4, -0.2) is 83.4 Å². The van der Waals surface area contributed by atoms with Crippen molar-refractivity contribution in [1.29, 1.82) is 0 Å². The highest BCUT2D eigenvalue weighted by molar-refractivity contribution is 5.97. The van der Waals surface area contributed by atoms with E-state index in [0.717, 1.165) is 0 Å². The lowest BCUT2D eigenvalue weighted by Gasteiger charge is -2.33. The topological polar surface area (TPSA) is 283 Å². The Balaban J connectivity index is 2.23. The largest absolute Gasteiger partial charge is 0.480 e. The Morgan fingerprint density at radius 1 is 0.800 bits per heavy atom. The molecule has 1 aliphatic rings. The summed E-state index contributed by atoms with van der Waals surface area (Å²) in [6, 6.07) is 5.46. The molecule has 3 atom stereocenters. The number of nitrogens with two attached hydrogens (primary N) is 4. The molecule has 0 unspecified atom stereocenters. The van der Waals surface area contributed by atoms with Crippen LogP contribution in [0.1, 0.15) is 63.9 Å². The maximum atomic E-state index is 13.8. The molecular formula is C29H46N10O6. The van der Waals surface area contributed by atoms with Crippen LogP contribution < -0.4 is 44.2 Å². The van der Waals surface area contributed by atoms with Crippen molar-refractivity contribution in [2.24, 2.45) is 32.9 Å². The summed E-state index contributed by atoms with van der Waals surface area (Å²) in [5, 5.41) is 20.5. The first-order valence-electron chi connectivity index (χ1n) is 14.9. The molecule has 0 saturated heterocycles. The molecule has 1 aromatic rings. The summed E-state index contributed by atoms with van der Waals surface area (Å²) in [6.45, 7) is 1.70. The highest BCUT2D eigenvalue weighted by atomic mass is 16.4. The van der Waals surface area contributed by atoms with Gasteiger partial charge in [-0.25, -0.2) is 4.79 Å². The van der Waals surface area contributed by atoms with Crippen molar-refractivity contribution >= 4 is 41.5 Å². The molecule has 0 aromatic heterocycles. The van der Waals surface area contributed by atoms with Crippen LogP contribution in [0.2, 0.25) is 0 Å². The fourth-order valence-corrected chi connectivity index (χ4v) is 5.12. The molecule has 1 aromatic carbocycles. The smallest absolute Gasteiger partial charge is 0.326 e. The standard InChI is InChI=1S/C29H46N10O6/c1-18(40)36-21(12-8-16-35-28(32)33)24(42)39-29(13-5-6-14-29)26(45)38-20(11-7-15-34-27(30)31)23(41)37-22(25(43)44)17-19-9-3-2-4-10-19/h2-4,9-10,20-22H,5-8,11-17H2,1H3,(H,36,40)(H,37,41)(H,38,45)(H,39,42)(H,43,44)(H4,30,31,34)(H4,32,33,35)/t20-,21-,22-/m0/s1. The van der Waals surface area contributed by atoms with Gasteiger partial charge in [0.2, 0.25) is 23.6 Å². The van der Waals surface area contributed by atoms with Gasteiger partial charge in [-0.15, -0.1) is 0 Å². The molecule has 1 aliphatic carbocycles. The summed E-state index contributed by atoms with van der Waals surface area (Å²) in [4.78, 5) is 72.3. The van der Waals surface area contributed by atoms with E-state index in [2.05, 4.69) is 31.3 Å². The second-order valence-electron chi connectivity index (χ2n) is 11.0. The van der Waals surface area contributed by atoms with Gasteiger partial charge in [0.25, 0.3) is 0 Å². The number of hydrogen-bond donors (Lipinski definition) is 9. The van der Waals surface area contributed by atoms with E-state index in [0.29, 0.717) is 44.1 Å². The number of carboxylic acid groups (broad SMARTS) is 1. The number of hydrogen-bond acceptors (Lipinski definition) is 7. The van der Waals surface area contributed by atoms with E-state index in [1.54, 1.807) is 30.3 Å². The zero-order valence-electron chi connectivity index (χ0n) is 25.6. The number of aliphatic carboxylic acids is 1. The molecule has 0 aliphatic heterocycles. The second-order valence-corrected chi connectivity index (χ2v) is 11.0. The Hall–Kier alpha value is -4.89. The van der Waals surface area contributed by atoms with Gasteiger partial charge in [-0.3, -0.25) is 29.2 Å². The minimum atomic E-state index is -1.34. The van der Waals surface area contributed by atoms with Crippen LogP contribution in [0.3, 0.4) is 0 Å². The third-order valence-corrected chi connectivity index (χ3v) is 7.36. The molecule has 0 radical (unpaired) electrons. The predicted octanol–water partition coefficient (Wildman–Crippen LogP) is -1.68. The Kier molecular flexibility index (Phi) is 14.6. The monoisotopic (exact) mass is 630 g/mol. The quantitative estimate of drug-likeness (QED) is 0.0504. The molecule has 0 heterocycles. The lowest BCUT2D eigenvalue weighted by Crippen LogP contribution is -2.63. The molecule has 1 saturated carbocycles. The molecule has 16 heteroatoms. The van der Waals surface area contributed by atoms with Crippen LogP contribution in [0, 0.1) is 0 Å². The Labute approximate surface area is 262 Å². The van der Waals surface area contributed by atoms with Crippen molar-refractivity contribution in [1.82, 2.24) is 21.3 Å². The molecule has 248 valence electrons. The van der Waals surface area contributed by atoms with Gasteiger partial charge in [0.05, 0.1) is 0 Å². The Bertz CT molecular complexity index is 1230. The third-order valence-electron chi connectivity index (χ3n) is 7.36. The number of rotatable bonds is 18. The molecule has 16 nitrogen and oxygen atoms in total. The van der Waals surface area contributed by atoms with Gasteiger partial charge >= 0.3 is 5.97 Å². The predicted molar refractivity (Wildman–Crippen MR) is 168 cm³/mol. The Morgan fingerprint density at radius 2 is 1.33 bits per heavy atom. The van der Waals surface area contributed by atoms with Crippen molar-refractivity contribution in [2.45, 2.75) is 88.4 Å². The first-order chi connectivity index (χ1) is 21.3. The maximum Gasteiger partial charge on any atom is 0.326 e. The first-order valence-corrected chi connectivity index (χ1v) is 14.9. The average molecular weight is 631 g/mol. The van der Waals surface area contributed by atoms with Gasteiger partial charge in [0, 0.05) is 26.4 Å². The molecular weight excluding hydrogens is 584 g/mol. The fraction of sp³-hybridized carbons (Fsp3) is 0.552. The summed E-state index contributed by atoms with van der Waals surface area (Å²) in [5.74, 6) is -3.74. The Morgan fingerprint density at radius 3 is 1.82 bits per heavy atom. The number of aliphatic imine (C=N–C) groups is 2. The van der Waals surface area contributed by atoms with Crippen LogP contribution >= 0.6 is 0 Å². The van der Waals surface area contributed by atoms with E-state index < -0.39 is 53.3 Å². The van der Waals surface area contributed by atoms with Gasteiger partial charge in [-0.1, -0.05) is 43.2 Å². The number of nitrogens with one attached hydrogen (secondary N) is 4. The van der Waals surface area contributed by atoms with Crippen molar-refractivity contribution in [3.8, 4) is 0 Å². The summed E-state index contributed by atoms with van der Waals surface area (Å²) in [5.41, 5.74) is 20.9. The normalized spacial score (nSPS) is 15.4. The van der Waals surface area contributed by atoms with Gasteiger partial charge in [0.15, 0.2) is 11.9 Å². The number of nitrogens with zero attached hydrogens (tertiary/aromatic N) is 2. The molecule has 2 rings (SSSR count). The molecule has 45 heavy (non-hydrogen) atoms. The van der Waals surface area contributed by atoms with Crippen molar-refractivity contribution in [3.63, 3.8) is 0 Å². The zero-order chi connectivity index (χ0) is 33.4. The van der Waals surface area contributed by atoms with E-state index in [9.17, 15) is 29.1 Å². The molecule has 0 bridgehead atoms. The molecule has 1 fully saturated rings. The fourth-order valence-electron chi connectivity index (χ4n) is 5.12. The molecule has 4 amide bonds. The number of carbonyl (C=O) groups is 5. The third kappa shape index (κ3) is 12.7. The summed E-state index contributed by atoms with van der Waals surface area (Å²) in [6.07, 6.45) is 2.92. The highest BCUT2D eigenvalue weighted by Crippen LogP contribution is 2.30. The van der Waals surface area contributed by atoms with Crippen molar-refractivity contribution in [2.75, 3.05) is 13.1 Å². The van der Waals surface area contributed by atoms with Gasteiger partial charge in [-0.2, -0.15) is 0 Å². The SMILES string of the molecule is CC(=O)N[C@@H](CCCN=C(N)N)C(=O)NC1(C(=O)N[C@@H](CCCN=C(N)N)C(=O)N[C@@H](Cc2ccccc2)C(=O)O)CCCC1. The lowest BCUT2D eigenvalue weighted by atomic mass is 9.94. The van der Waals surface area contributed by atoms with Crippen LogP contribution in [0.25, 0.3) is 0 Å². The van der Waals surface area contributed by atoms with E-state index in [4.69, 9.17) is 22.9 Å². The summed E-state index contributed by atoms with van der Waals surface area (Å²) >= 11 is 0. The minimum Gasteiger partial charge on any atom is -0.480 e. The van der Waals surface area contributed by atoms with E-state index in [-0.39, 0.29) is 44.3 Å². The van der Waals surface area contributed by atoms with Crippen LogP contribution in [-0.2, 0) is 30.4 Å². The number of carbonyl (C=O) groups excluding carboxylic acids is 4. The molecule has 0 spiro atoms. The van der Waals surface area contributed by atoms with Gasteiger partial charge in [0.1, 0.15) is 23.7 Å². The number of carboxylic acids is 1. The zero-order valence-corrected chi connectivity index (χ0v) is 25.6. The average Bonchev–Trinajstić information content (AvgIpc) is 3.45. The first kappa shape index (κ1) is 36.3. The lowest BCUT2D eigenvalue weighted by molar-refractivity contribution is -0.142. The van der Waals surface area contributed by atoms with E-state index in [1.807, 2.05) is 0 Å². The van der Waals surface area contributed by atoms with E-state index >= 15 is 0 Å². The van der Waals surface area contributed by atoms with Crippen molar-refractivity contribution < 1.29 is 29.1 Å². The van der Waals surface area contributed by atoms with Crippen LogP contribution in [0.5, 0.6) is 0 Å². The summed E-state index contributed by atoms with van der Waals surface area (Å²) < 4.78 is 0. The second kappa shape index (κ2) is 18.0. The maximum absolute atomic E-state index is 13.8. The van der Waals surface area contributed by atoms with Gasteiger partial charge in [-0.05, 0) is 44.1 Å². The van der Waals surface area contributed by atoms with E-state index in [1.165, 1.54) is 6.92 Å². The number of guanidine groups is 2.